The van der Waals surface area contributed by atoms with E-state index in [1.165, 1.54) is 68.8 Å². The number of methoxy groups -OCH3 is 2. The summed E-state index contributed by atoms with van der Waals surface area (Å²) in [5, 5.41) is 13.1. The highest BCUT2D eigenvalue weighted by Crippen LogP contribution is 2.28. The third-order valence-corrected chi connectivity index (χ3v) is 16.8. The largest absolute Gasteiger partial charge is 0.496 e. The monoisotopic (exact) mass is 1430 g/mol. The Morgan fingerprint density at radius 1 is 0.381 bits per heavy atom. The Kier molecular flexibility index (Phi) is 35.4. The number of hydrogen-bond acceptors (Lipinski definition) is 23. The van der Waals surface area contributed by atoms with Crippen molar-refractivity contribution in [3.05, 3.63) is 211 Å². The normalized spacial score (nSPS) is 10.1. The second-order valence-corrected chi connectivity index (χ2v) is 22.7. The molecule has 7 aromatic heterocycles. The Balaban J connectivity index is 0.000000548. The first-order valence-electron chi connectivity index (χ1n) is 27.0. The summed E-state index contributed by atoms with van der Waals surface area (Å²) in [7, 11) is 3.30. The standard InChI is InChI=1S/C11H10.C9H7NO2.2C8H8N2OS.C7H5ClN2S.C7H6N2O.C7H6N2S.C6H5N3OS.8CH4/c1-9-5-4-7-10-6-2-3-8-11(9)10;1-5-3-2-4-6-7(5)9(12)10-8(6)11;1-5-7(11-2)4-3-6-8(5)10-12-9-6;1-5-3-4-6(11-2)8-7(5)9-12-10-8;1-4-5(8)2-3-6-7(4)10-11-9-6;2*1-5-3-2-4-6-7(5)9-10-8-6;1-3-2-7-6(10)5-4(3)8-11-9-5;;;;;;;;/h2-8H,1H3;2-4H,1H3,(H,10,11,12);2*3-4H,1-2H3;2-3H,1H3;2*2-4H,1H3;2H,1H3,(H,7,10);8*1H4. The number of aromatic nitrogens is 13. The number of pyridine rings is 1. The number of nitrogens with one attached hydrogen (secondary N) is 2. The van der Waals surface area contributed by atoms with E-state index in [0.717, 1.165) is 117 Å². The zero-order chi connectivity index (χ0) is 63.1. The van der Waals surface area contributed by atoms with Crippen LogP contribution in [0.3, 0.4) is 0 Å². The van der Waals surface area contributed by atoms with Crippen LogP contribution < -0.4 is 20.3 Å². The first kappa shape index (κ1) is 85.5. The number of amides is 2. The molecule has 8 heterocycles. The number of benzene rings is 8. The van der Waals surface area contributed by atoms with Crippen LogP contribution in [-0.4, -0.2) is 85.1 Å². The van der Waals surface area contributed by atoms with Gasteiger partial charge in [-0.05, 0) is 164 Å². The minimum atomic E-state index is -0.293. The summed E-state index contributed by atoms with van der Waals surface area (Å²) in [6.45, 7) is 15.8. The van der Waals surface area contributed by atoms with Crippen LogP contribution in [0.1, 0.15) is 125 Å². The number of fused-ring (bicyclic) bond motifs is 8. The van der Waals surface area contributed by atoms with Crippen LogP contribution in [0.2, 0.25) is 5.02 Å². The summed E-state index contributed by atoms with van der Waals surface area (Å²) in [5.41, 5.74) is 19.9. The molecule has 26 heteroatoms. The van der Waals surface area contributed by atoms with Gasteiger partial charge in [-0.1, -0.05) is 156 Å². The molecule has 0 unspecified atom stereocenters. The van der Waals surface area contributed by atoms with Crippen LogP contribution in [0.4, 0.5) is 0 Å². The van der Waals surface area contributed by atoms with E-state index in [9.17, 15) is 14.4 Å². The molecule has 0 spiro atoms. The van der Waals surface area contributed by atoms with Gasteiger partial charge in [-0.15, -0.1) is 0 Å². The number of rotatable bonds is 2. The van der Waals surface area contributed by atoms with Gasteiger partial charge in [-0.25, -0.2) is 4.63 Å². The molecule has 1 aliphatic rings. The Morgan fingerprint density at radius 3 is 1.44 bits per heavy atom. The fourth-order valence-corrected chi connectivity index (χ4v) is 12.0. The average molecular weight is 1430 g/mol. The molecule has 0 fully saturated rings. The maximum Gasteiger partial charge on any atom is 0.277 e. The quantitative estimate of drug-likeness (QED) is 0.152. The van der Waals surface area contributed by atoms with Crippen molar-refractivity contribution in [3.63, 3.8) is 0 Å². The van der Waals surface area contributed by atoms with E-state index in [0.29, 0.717) is 22.2 Å². The van der Waals surface area contributed by atoms with Crippen molar-refractivity contribution in [3.8, 4) is 11.5 Å². The highest BCUT2D eigenvalue weighted by atomic mass is 35.5. The van der Waals surface area contributed by atoms with Crippen LogP contribution in [0.5, 0.6) is 11.5 Å². The smallest absolute Gasteiger partial charge is 0.277 e. The van der Waals surface area contributed by atoms with Gasteiger partial charge in [0.2, 0.25) is 0 Å². The molecule has 0 radical (unpaired) electrons. The average Bonchev–Trinajstić information content (AvgIpc) is 1.67. The summed E-state index contributed by atoms with van der Waals surface area (Å²) in [6, 6.07) is 43.3. The number of halogens is 1. The van der Waals surface area contributed by atoms with Crippen molar-refractivity contribution in [2.24, 2.45) is 0 Å². The number of carbonyl (C=O) groups excluding carboxylic acids is 2. The molecule has 2 amide bonds. The number of aryl methyl sites for hydroxylation is 8. The van der Waals surface area contributed by atoms with Crippen LogP contribution in [0.25, 0.3) is 77.0 Å². The maximum atomic E-state index is 11.2. The van der Waals surface area contributed by atoms with E-state index >= 15 is 0 Å². The van der Waals surface area contributed by atoms with Crippen LogP contribution in [0, 0.1) is 55.4 Å². The van der Waals surface area contributed by atoms with Gasteiger partial charge >= 0.3 is 0 Å². The van der Waals surface area contributed by atoms with Crippen LogP contribution in [0.15, 0.2) is 149 Å². The molecular formula is C71H87ClN14O6S5. The molecule has 8 aromatic carbocycles. The molecule has 15 aromatic rings. The summed E-state index contributed by atoms with van der Waals surface area (Å²) in [5.74, 6) is 1.09. The van der Waals surface area contributed by atoms with Gasteiger partial charge in [0.25, 0.3) is 17.4 Å². The van der Waals surface area contributed by atoms with E-state index in [1.807, 2.05) is 127 Å². The second kappa shape index (κ2) is 40.1. The molecule has 0 atom stereocenters. The van der Waals surface area contributed by atoms with Crippen LogP contribution >= 0.6 is 70.2 Å². The topological polar surface area (TPSA) is 265 Å². The Bertz CT molecular complexity index is 4930. The Morgan fingerprint density at radius 2 is 0.845 bits per heavy atom. The van der Waals surface area contributed by atoms with Crippen molar-refractivity contribution >= 4 is 159 Å². The fourth-order valence-electron chi connectivity index (χ4n) is 8.84. The zero-order valence-electron chi connectivity index (χ0n) is 49.5. The van der Waals surface area contributed by atoms with Gasteiger partial charge in [-0.2, -0.15) is 43.7 Å². The molecule has 2 N–H and O–H groups in total. The maximum absolute atomic E-state index is 11.2. The molecule has 514 valence electrons. The van der Waals surface area contributed by atoms with Crippen molar-refractivity contribution < 1.29 is 23.7 Å². The summed E-state index contributed by atoms with van der Waals surface area (Å²) in [6.07, 6.45) is 1.64. The lowest BCUT2D eigenvalue weighted by molar-refractivity contribution is 0.0879. The van der Waals surface area contributed by atoms with Crippen molar-refractivity contribution in [2.75, 3.05) is 14.2 Å². The van der Waals surface area contributed by atoms with Gasteiger partial charge in [0.15, 0.2) is 5.52 Å². The number of nitrogens with zero attached hydrogens (tertiary/aromatic N) is 12. The number of H-pyrrole nitrogens is 1. The van der Waals surface area contributed by atoms with Crippen molar-refractivity contribution in [1.82, 2.24) is 64.3 Å². The van der Waals surface area contributed by atoms with Gasteiger partial charge in [-0.3, -0.25) is 19.7 Å². The predicted octanol–water partition coefficient (Wildman–Crippen LogP) is 20.0. The highest BCUT2D eigenvalue weighted by molar-refractivity contribution is 7.01. The van der Waals surface area contributed by atoms with E-state index in [2.05, 4.69) is 118 Å². The fraction of sp³-hybridized carbons (Fsp3) is 0.254. The molecule has 0 aliphatic carbocycles. The third-order valence-electron chi connectivity index (χ3n) is 13.7. The van der Waals surface area contributed by atoms with Gasteiger partial charge < -0.3 is 14.5 Å². The number of aromatic amines is 1. The summed E-state index contributed by atoms with van der Waals surface area (Å²) >= 11 is 11.9. The lowest BCUT2D eigenvalue weighted by Crippen LogP contribution is -2.20. The minimum absolute atomic E-state index is 0. The number of ether oxygens (including phenoxy) is 2. The molecule has 20 nitrogen and oxygen atoms in total. The molecule has 0 saturated carbocycles. The lowest BCUT2D eigenvalue weighted by atomic mass is 10.0. The van der Waals surface area contributed by atoms with E-state index in [-0.39, 0.29) is 76.8 Å². The van der Waals surface area contributed by atoms with E-state index < -0.39 is 0 Å². The summed E-state index contributed by atoms with van der Waals surface area (Å²) in [4.78, 5) is 35.9. The molecule has 0 bridgehead atoms. The van der Waals surface area contributed by atoms with Crippen molar-refractivity contribution in [2.45, 2.75) is 115 Å². The molecule has 1 aliphatic heterocycles. The highest BCUT2D eigenvalue weighted by Gasteiger charge is 2.27. The van der Waals surface area contributed by atoms with Gasteiger partial charge in [0.1, 0.15) is 72.2 Å². The number of hydrogen-bond donors (Lipinski definition) is 2. The molecule has 16 rings (SSSR count). The number of carbonyl (C=O) groups is 2. The van der Waals surface area contributed by atoms with Crippen LogP contribution in [-0.2, 0) is 0 Å². The predicted molar refractivity (Wildman–Crippen MR) is 412 cm³/mol. The molecular weight excluding hydrogens is 1340 g/mol. The summed E-state index contributed by atoms with van der Waals surface area (Å²) < 4.78 is 55.8. The van der Waals surface area contributed by atoms with E-state index in [4.69, 9.17) is 21.1 Å². The Hall–Kier alpha value is -9.50. The Labute approximate surface area is 594 Å². The zero-order valence-corrected chi connectivity index (χ0v) is 54.4. The van der Waals surface area contributed by atoms with Gasteiger partial charge in [0, 0.05) is 16.8 Å². The third kappa shape index (κ3) is 20.5. The number of imide groups is 1. The second-order valence-electron chi connectivity index (χ2n) is 19.6. The molecule has 0 saturated heterocycles. The van der Waals surface area contributed by atoms with Gasteiger partial charge in [0.05, 0.1) is 84.0 Å². The first-order chi connectivity index (χ1) is 43.1. The van der Waals surface area contributed by atoms with Crippen molar-refractivity contribution in [1.29, 1.82) is 0 Å². The molecule has 97 heavy (non-hydrogen) atoms. The first-order valence-corrected chi connectivity index (χ1v) is 31.0. The minimum Gasteiger partial charge on any atom is -0.496 e. The lowest BCUT2D eigenvalue weighted by Gasteiger charge is -2.02. The van der Waals surface area contributed by atoms with E-state index in [1.54, 1.807) is 32.5 Å². The SMILES string of the molecule is C.C.C.C.C.C.C.C.COc1ccc(C)c2nsnc12.COc1ccc2nsnc2c1C.Cc1c(Cl)ccc2nsnc12.Cc1c[nH]c(=O)c2nsnc12.Cc1cccc2c1C(=O)NC2=O.Cc1cccc2ccccc12.Cc1cccc2nonc12.Cc1cccc2nsnc12.